The summed E-state index contributed by atoms with van der Waals surface area (Å²) in [7, 11) is 1.63. The molecular formula is C16H24O3. The third-order valence-corrected chi connectivity index (χ3v) is 2.93. The molecule has 1 aromatic carbocycles. The molecule has 1 rings (SSSR count). The van der Waals surface area contributed by atoms with Crippen LogP contribution in [0, 0.1) is 5.92 Å². The SMILES string of the molecule is C=CC[C@H](OCOC)[C@H](C)COCc1ccccc1. The minimum Gasteiger partial charge on any atom is -0.376 e. The van der Waals surface area contributed by atoms with Crippen molar-refractivity contribution >= 4 is 0 Å². The lowest BCUT2D eigenvalue weighted by molar-refractivity contribution is -0.0985. The highest BCUT2D eigenvalue weighted by Gasteiger charge is 2.16. The van der Waals surface area contributed by atoms with Gasteiger partial charge in [-0.1, -0.05) is 43.3 Å². The zero-order chi connectivity index (χ0) is 13.9. The maximum Gasteiger partial charge on any atom is 0.146 e. The number of hydrogen-bond donors (Lipinski definition) is 0. The molecule has 0 N–H and O–H groups in total. The van der Waals surface area contributed by atoms with Crippen molar-refractivity contribution in [2.24, 2.45) is 5.92 Å². The van der Waals surface area contributed by atoms with Crippen LogP contribution in [0.3, 0.4) is 0 Å². The van der Waals surface area contributed by atoms with Gasteiger partial charge >= 0.3 is 0 Å². The van der Waals surface area contributed by atoms with Gasteiger partial charge in [0.2, 0.25) is 0 Å². The Morgan fingerprint density at radius 2 is 2.00 bits per heavy atom. The molecule has 0 radical (unpaired) electrons. The summed E-state index contributed by atoms with van der Waals surface area (Å²) in [6.45, 7) is 7.48. The summed E-state index contributed by atoms with van der Waals surface area (Å²) in [5, 5.41) is 0. The minimum atomic E-state index is 0.0909. The van der Waals surface area contributed by atoms with Crippen molar-refractivity contribution in [3.05, 3.63) is 48.6 Å². The molecule has 0 unspecified atom stereocenters. The van der Waals surface area contributed by atoms with Gasteiger partial charge in [-0.2, -0.15) is 0 Å². The van der Waals surface area contributed by atoms with Gasteiger partial charge in [0.05, 0.1) is 19.3 Å². The molecular weight excluding hydrogens is 240 g/mol. The predicted molar refractivity (Wildman–Crippen MR) is 76.8 cm³/mol. The molecule has 0 saturated carbocycles. The van der Waals surface area contributed by atoms with Crippen LogP contribution in [0.5, 0.6) is 0 Å². The highest BCUT2D eigenvalue weighted by atomic mass is 16.7. The lowest BCUT2D eigenvalue weighted by Crippen LogP contribution is -2.26. The van der Waals surface area contributed by atoms with E-state index in [9.17, 15) is 0 Å². The Hall–Kier alpha value is -1.16. The average molecular weight is 264 g/mol. The Labute approximate surface area is 116 Å². The summed E-state index contributed by atoms with van der Waals surface area (Å²) < 4.78 is 16.3. The van der Waals surface area contributed by atoms with Gasteiger partial charge < -0.3 is 14.2 Å². The zero-order valence-corrected chi connectivity index (χ0v) is 11.9. The van der Waals surface area contributed by atoms with Gasteiger partial charge in [-0.15, -0.1) is 6.58 Å². The van der Waals surface area contributed by atoms with E-state index in [0.29, 0.717) is 25.9 Å². The van der Waals surface area contributed by atoms with Crippen molar-refractivity contribution in [2.75, 3.05) is 20.5 Å². The summed E-state index contributed by atoms with van der Waals surface area (Å²) in [5.74, 6) is 0.303. The van der Waals surface area contributed by atoms with Crippen LogP contribution < -0.4 is 0 Å². The Morgan fingerprint density at radius 3 is 2.63 bits per heavy atom. The van der Waals surface area contributed by atoms with E-state index in [1.165, 1.54) is 5.56 Å². The largest absolute Gasteiger partial charge is 0.376 e. The first-order chi connectivity index (χ1) is 9.27. The fourth-order valence-electron chi connectivity index (χ4n) is 1.83. The van der Waals surface area contributed by atoms with Crippen LogP contribution in [0.4, 0.5) is 0 Å². The van der Waals surface area contributed by atoms with Gasteiger partial charge in [0, 0.05) is 13.0 Å². The molecule has 2 atom stereocenters. The molecule has 3 heteroatoms. The Kier molecular flexibility index (Phi) is 8.14. The molecule has 0 amide bonds. The molecule has 1 aromatic rings. The first kappa shape index (κ1) is 15.9. The summed E-state index contributed by atoms with van der Waals surface area (Å²) in [4.78, 5) is 0. The van der Waals surface area contributed by atoms with Gasteiger partial charge in [0.15, 0.2) is 0 Å². The van der Waals surface area contributed by atoms with Gasteiger partial charge in [-0.05, 0) is 12.0 Å². The third-order valence-electron chi connectivity index (χ3n) is 2.93. The predicted octanol–water partition coefficient (Wildman–Crippen LogP) is 3.40. The second-order valence-electron chi connectivity index (χ2n) is 4.61. The van der Waals surface area contributed by atoms with Gasteiger partial charge in [-0.3, -0.25) is 0 Å². The number of hydrogen-bond acceptors (Lipinski definition) is 3. The summed E-state index contributed by atoms with van der Waals surface area (Å²) in [5.41, 5.74) is 1.19. The van der Waals surface area contributed by atoms with Crippen LogP contribution in [0.15, 0.2) is 43.0 Å². The highest BCUT2D eigenvalue weighted by Crippen LogP contribution is 2.14. The van der Waals surface area contributed by atoms with E-state index in [2.05, 4.69) is 25.6 Å². The first-order valence-corrected chi connectivity index (χ1v) is 6.61. The standard InChI is InChI=1S/C16H24O3/c1-4-8-16(19-13-17-3)14(2)11-18-12-15-9-6-5-7-10-15/h4-7,9-10,14,16H,1,8,11-13H2,2-3H3/t14-,16+/m1/s1. The topological polar surface area (TPSA) is 27.7 Å². The van der Waals surface area contributed by atoms with Crippen molar-refractivity contribution in [1.29, 1.82) is 0 Å². The number of ether oxygens (including phenoxy) is 3. The molecule has 0 fully saturated rings. The maximum absolute atomic E-state index is 5.73. The van der Waals surface area contributed by atoms with Crippen molar-refractivity contribution in [3.63, 3.8) is 0 Å². The summed E-state index contributed by atoms with van der Waals surface area (Å²) in [6, 6.07) is 10.2. The van der Waals surface area contributed by atoms with Crippen molar-refractivity contribution < 1.29 is 14.2 Å². The number of methoxy groups -OCH3 is 1. The Morgan fingerprint density at radius 1 is 1.26 bits per heavy atom. The van der Waals surface area contributed by atoms with Gasteiger partial charge in [0.1, 0.15) is 6.79 Å². The fourth-order valence-corrected chi connectivity index (χ4v) is 1.83. The molecule has 0 aromatic heterocycles. The van der Waals surface area contributed by atoms with E-state index in [-0.39, 0.29) is 6.10 Å². The summed E-state index contributed by atoms with van der Waals surface area (Å²) >= 11 is 0. The molecule has 0 heterocycles. The van der Waals surface area contributed by atoms with E-state index in [4.69, 9.17) is 14.2 Å². The van der Waals surface area contributed by atoms with Crippen molar-refractivity contribution in [1.82, 2.24) is 0 Å². The van der Waals surface area contributed by atoms with Crippen molar-refractivity contribution in [2.45, 2.75) is 26.1 Å². The van der Waals surface area contributed by atoms with Crippen molar-refractivity contribution in [3.8, 4) is 0 Å². The molecule has 19 heavy (non-hydrogen) atoms. The molecule has 0 saturated heterocycles. The lowest BCUT2D eigenvalue weighted by Gasteiger charge is -2.22. The highest BCUT2D eigenvalue weighted by molar-refractivity contribution is 5.13. The lowest BCUT2D eigenvalue weighted by atomic mass is 10.0. The molecule has 0 aliphatic rings. The van der Waals surface area contributed by atoms with E-state index in [1.54, 1.807) is 7.11 Å². The number of rotatable bonds is 10. The van der Waals surface area contributed by atoms with Gasteiger partial charge in [-0.25, -0.2) is 0 Å². The van der Waals surface area contributed by atoms with E-state index in [0.717, 1.165) is 6.42 Å². The average Bonchev–Trinajstić information content (AvgIpc) is 2.44. The van der Waals surface area contributed by atoms with E-state index >= 15 is 0 Å². The zero-order valence-electron chi connectivity index (χ0n) is 11.9. The van der Waals surface area contributed by atoms with Crippen LogP contribution in [-0.2, 0) is 20.8 Å². The molecule has 106 valence electrons. The van der Waals surface area contributed by atoms with Crippen LogP contribution >= 0.6 is 0 Å². The maximum atomic E-state index is 5.73. The normalized spacial score (nSPS) is 14.0. The number of benzene rings is 1. The molecule has 0 aliphatic heterocycles. The first-order valence-electron chi connectivity index (χ1n) is 6.61. The second kappa shape index (κ2) is 9.73. The quantitative estimate of drug-likeness (QED) is 0.479. The van der Waals surface area contributed by atoms with E-state index in [1.807, 2.05) is 24.3 Å². The Balaban J connectivity index is 2.30. The minimum absolute atomic E-state index is 0.0909. The second-order valence-corrected chi connectivity index (χ2v) is 4.61. The third kappa shape index (κ3) is 6.53. The molecule has 3 nitrogen and oxygen atoms in total. The van der Waals surface area contributed by atoms with Gasteiger partial charge in [0.25, 0.3) is 0 Å². The smallest absolute Gasteiger partial charge is 0.146 e. The van der Waals surface area contributed by atoms with E-state index < -0.39 is 0 Å². The molecule has 0 bridgehead atoms. The Bertz CT molecular complexity index is 337. The van der Waals surface area contributed by atoms with Crippen LogP contribution in [-0.4, -0.2) is 26.6 Å². The summed E-state index contributed by atoms with van der Waals surface area (Å²) in [6.07, 6.45) is 2.76. The molecule has 0 spiro atoms. The fraction of sp³-hybridized carbons (Fsp3) is 0.500. The monoisotopic (exact) mass is 264 g/mol. The van der Waals surface area contributed by atoms with Crippen LogP contribution in [0.1, 0.15) is 18.9 Å². The molecule has 0 aliphatic carbocycles. The van der Waals surface area contributed by atoms with Crippen LogP contribution in [0.25, 0.3) is 0 Å². The van der Waals surface area contributed by atoms with Crippen LogP contribution in [0.2, 0.25) is 0 Å².